The number of anilines is 3. The largest absolute Gasteiger partial charge is 0.507 e. The van der Waals surface area contributed by atoms with Crippen LogP contribution in [0.4, 0.5) is 22.1 Å². The molecule has 1 atom stereocenters. The molecule has 1 fully saturated rings. The second-order valence-electron chi connectivity index (χ2n) is 10.2. The SMILES string of the molecule is C[C@@H]1CCN(c2cc(-c3ccccc3O)nnc2N)CCN1c1ccnc(C#CCNC(=O)OC(C)(C)C)n1. The molecule has 1 saturated heterocycles. The number of aromatic hydroxyl groups is 1. The van der Waals surface area contributed by atoms with Crippen molar-refractivity contribution in [3.63, 3.8) is 0 Å². The molecule has 1 aliphatic rings. The van der Waals surface area contributed by atoms with E-state index in [0.29, 0.717) is 36.0 Å². The van der Waals surface area contributed by atoms with Gasteiger partial charge in [-0.15, -0.1) is 10.2 Å². The third kappa shape index (κ3) is 7.25. The molecule has 4 rings (SSSR count). The summed E-state index contributed by atoms with van der Waals surface area (Å²) in [6, 6.07) is 11.0. The smallest absolute Gasteiger partial charge is 0.408 e. The van der Waals surface area contributed by atoms with E-state index in [1.54, 1.807) is 45.2 Å². The van der Waals surface area contributed by atoms with E-state index in [2.05, 4.69) is 54.0 Å². The first-order valence-corrected chi connectivity index (χ1v) is 12.8. The van der Waals surface area contributed by atoms with Crippen LogP contribution in [0.3, 0.4) is 0 Å². The van der Waals surface area contributed by atoms with Gasteiger partial charge in [-0.3, -0.25) is 0 Å². The molecule has 11 nitrogen and oxygen atoms in total. The average Bonchev–Trinajstić information content (AvgIpc) is 3.08. The number of carbonyl (C=O) groups is 1. The molecule has 0 aliphatic carbocycles. The number of nitrogens with two attached hydrogens (primary N) is 1. The fourth-order valence-electron chi connectivity index (χ4n) is 4.23. The molecule has 0 spiro atoms. The molecule has 0 unspecified atom stereocenters. The first-order valence-electron chi connectivity index (χ1n) is 12.8. The summed E-state index contributed by atoms with van der Waals surface area (Å²) in [4.78, 5) is 25.1. The van der Waals surface area contributed by atoms with Gasteiger partial charge < -0.3 is 30.7 Å². The monoisotopic (exact) mass is 530 g/mol. The molecule has 1 aromatic carbocycles. The van der Waals surface area contributed by atoms with E-state index >= 15 is 0 Å². The molecule has 3 heterocycles. The molecular formula is C28H34N8O3. The number of hydrogen-bond acceptors (Lipinski definition) is 10. The first kappa shape index (κ1) is 27.4. The molecule has 204 valence electrons. The number of ether oxygens (including phenoxy) is 1. The maximum absolute atomic E-state index is 11.8. The zero-order valence-corrected chi connectivity index (χ0v) is 22.7. The van der Waals surface area contributed by atoms with Crippen molar-refractivity contribution in [3.8, 4) is 28.8 Å². The van der Waals surface area contributed by atoms with Crippen molar-refractivity contribution in [2.45, 2.75) is 45.8 Å². The summed E-state index contributed by atoms with van der Waals surface area (Å²) in [5, 5.41) is 21.2. The lowest BCUT2D eigenvalue weighted by Gasteiger charge is -2.28. The van der Waals surface area contributed by atoms with Crippen LogP contribution < -0.4 is 20.9 Å². The second kappa shape index (κ2) is 11.9. The van der Waals surface area contributed by atoms with E-state index in [-0.39, 0.29) is 18.3 Å². The highest BCUT2D eigenvalue weighted by atomic mass is 16.6. The Hall–Kier alpha value is -4.59. The van der Waals surface area contributed by atoms with Gasteiger partial charge in [0.2, 0.25) is 5.82 Å². The lowest BCUT2D eigenvalue weighted by Crippen LogP contribution is -2.35. The summed E-state index contributed by atoms with van der Waals surface area (Å²) in [6.07, 6.45) is 2.03. The van der Waals surface area contributed by atoms with Crippen LogP contribution in [0.5, 0.6) is 5.75 Å². The topological polar surface area (TPSA) is 143 Å². The molecule has 1 amide bonds. The average molecular weight is 531 g/mol. The number of hydrogen-bond donors (Lipinski definition) is 3. The van der Waals surface area contributed by atoms with E-state index in [1.165, 1.54) is 0 Å². The number of alkyl carbamates (subject to hydrolysis) is 1. The number of rotatable bonds is 4. The summed E-state index contributed by atoms with van der Waals surface area (Å²) < 4.78 is 5.21. The van der Waals surface area contributed by atoms with Gasteiger partial charge in [-0.2, -0.15) is 0 Å². The molecular weight excluding hydrogens is 496 g/mol. The molecule has 4 N–H and O–H groups in total. The molecule has 0 radical (unpaired) electrons. The molecule has 39 heavy (non-hydrogen) atoms. The minimum absolute atomic E-state index is 0.127. The van der Waals surface area contributed by atoms with Gasteiger partial charge in [0.15, 0.2) is 5.82 Å². The van der Waals surface area contributed by atoms with Crippen molar-refractivity contribution in [3.05, 3.63) is 48.4 Å². The van der Waals surface area contributed by atoms with E-state index < -0.39 is 11.7 Å². The van der Waals surface area contributed by atoms with E-state index in [4.69, 9.17) is 10.5 Å². The molecule has 0 saturated carbocycles. The number of nitrogens with zero attached hydrogens (tertiary/aromatic N) is 6. The molecule has 11 heteroatoms. The number of aromatic nitrogens is 4. The first-order chi connectivity index (χ1) is 18.6. The Balaban J connectivity index is 1.45. The molecule has 3 aromatic rings. The van der Waals surface area contributed by atoms with Crippen LogP contribution in [0.25, 0.3) is 11.3 Å². The fourth-order valence-corrected chi connectivity index (χ4v) is 4.23. The number of amides is 1. The van der Waals surface area contributed by atoms with Crippen LogP contribution in [0, 0.1) is 11.8 Å². The van der Waals surface area contributed by atoms with Crippen LogP contribution in [0.1, 0.15) is 39.9 Å². The quantitative estimate of drug-likeness (QED) is 0.430. The Morgan fingerprint density at radius 2 is 2.00 bits per heavy atom. The number of nitrogens with one attached hydrogen (secondary N) is 1. The van der Waals surface area contributed by atoms with Crippen molar-refractivity contribution in [1.82, 2.24) is 25.5 Å². The number of benzene rings is 1. The second-order valence-corrected chi connectivity index (χ2v) is 10.2. The van der Waals surface area contributed by atoms with Crippen LogP contribution in [-0.4, -0.2) is 69.2 Å². The number of carbonyl (C=O) groups excluding carboxylic acids is 1. The number of nitrogen functional groups attached to an aromatic ring is 1. The summed E-state index contributed by atoms with van der Waals surface area (Å²) >= 11 is 0. The Morgan fingerprint density at radius 1 is 1.21 bits per heavy atom. The number of para-hydroxylation sites is 1. The predicted molar refractivity (Wildman–Crippen MR) is 150 cm³/mol. The standard InChI is InChI=1S/C28H34N8O3/c1-19-12-15-35(22-18-21(33-34-26(22)29)20-8-5-6-9-23(20)37)16-17-36(19)25-11-14-30-24(32-25)10-7-13-31-27(38)39-28(2,3)4/h5-6,8-9,11,14,18-19,37H,12-13,15-17H2,1-4H3,(H2,29,34)(H,31,38)/t19-/m1/s1. The van der Waals surface area contributed by atoms with E-state index in [1.807, 2.05) is 18.2 Å². The van der Waals surface area contributed by atoms with Crippen LogP contribution in [-0.2, 0) is 4.74 Å². The maximum Gasteiger partial charge on any atom is 0.408 e. The lowest BCUT2D eigenvalue weighted by molar-refractivity contribution is 0.0535. The van der Waals surface area contributed by atoms with Gasteiger partial charge in [-0.25, -0.2) is 14.8 Å². The summed E-state index contributed by atoms with van der Waals surface area (Å²) in [7, 11) is 0. The highest BCUT2D eigenvalue weighted by Gasteiger charge is 2.24. The minimum atomic E-state index is -0.568. The van der Waals surface area contributed by atoms with Crippen LogP contribution in [0.15, 0.2) is 42.6 Å². The maximum atomic E-state index is 11.8. The summed E-state index contributed by atoms with van der Waals surface area (Å²) in [5.74, 6) is 7.42. The predicted octanol–water partition coefficient (Wildman–Crippen LogP) is 3.20. The third-order valence-corrected chi connectivity index (χ3v) is 6.14. The minimum Gasteiger partial charge on any atom is -0.507 e. The highest BCUT2D eigenvalue weighted by molar-refractivity contribution is 5.74. The van der Waals surface area contributed by atoms with E-state index in [9.17, 15) is 9.90 Å². The zero-order valence-electron chi connectivity index (χ0n) is 22.7. The third-order valence-electron chi connectivity index (χ3n) is 6.14. The van der Waals surface area contributed by atoms with Gasteiger partial charge in [0.1, 0.15) is 17.2 Å². The lowest BCUT2D eigenvalue weighted by atomic mass is 10.1. The Kier molecular flexibility index (Phi) is 8.34. The Labute approximate surface area is 228 Å². The Morgan fingerprint density at radius 3 is 2.77 bits per heavy atom. The van der Waals surface area contributed by atoms with Crippen molar-refractivity contribution >= 4 is 23.4 Å². The summed E-state index contributed by atoms with van der Waals surface area (Å²) in [5.41, 5.74) is 7.61. The molecule has 2 aromatic heterocycles. The van der Waals surface area contributed by atoms with Gasteiger partial charge in [-0.1, -0.05) is 18.1 Å². The van der Waals surface area contributed by atoms with Crippen molar-refractivity contribution < 1.29 is 14.6 Å². The summed E-state index contributed by atoms with van der Waals surface area (Å²) in [6.45, 7) is 9.84. The van der Waals surface area contributed by atoms with Gasteiger partial charge in [-0.05, 0) is 64.3 Å². The van der Waals surface area contributed by atoms with Gasteiger partial charge in [0.25, 0.3) is 0 Å². The number of phenols is 1. The Bertz CT molecular complexity index is 1380. The molecule has 1 aliphatic heterocycles. The normalized spacial score (nSPS) is 15.6. The van der Waals surface area contributed by atoms with Gasteiger partial charge >= 0.3 is 6.09 Å². The zero-order chi connectivity index (χ0) is 28.0. The van der Waals surface area contributed by atoms with Crippen LogP contribution in [0.2, 0.25) is 0 Å². The van der Waals surface area contributed by atoms with Crippen molar-refractivity contribution in [2.24, 2.45) is 0 Å². The highest BCUT2D eigenvalue weighted by Crippen LogP contribution is 2.32. The number of phenolic OH excluding ortho intramolecular Hbond substituents is 1. The van der Waals surface area contributed by atoms with Crippen LogP contribution >= 0.6 is 0 Å². The van der Waals surface area contributed by atoms with Gasteiger partial charge in [0.05, 0.1) is 17.9 Å². The van der Waals surface area contributed by atoms with E-state index in [0.717, 1.165) is 24.5 Å². The van der Waals surface area contributed by atoms with Gasteiger partial charge in [0, 0.05) is 37.4 Å². The molecule has 0 bridgehead atoms. The fraction of sp³-hybridized carbons (Fsp3) is 0.393. The van der Waals surface area contributed by atoms with Crippen molar-refractivity contribution in [1.29, 1.82) is 0 Å². The van der Waals surface area contributed by atoms with Crippen molar-refractivity contribution in [2.75, 3.05) is 41.7 Å².